The molecule has 0 aliphatic carbocycles. The molecule has 0 amide bonds. The van der Waals surface area contributed by atoms with Crippen molar-refractivity contribution < 1.29 is 19.0 Å². The van der Waals surface area contributed by atoms with Crippen LogP contribution in [0.2, 0.25) is 0 Å². The lowest BCUT2D eigenvalue weighted by molar-refractivity contribution is 0.102. The van der Waals surface area contributed by atoms with Crippen molar-refractivity contribution in [1.82, 2.24) is 14.8 Å². The van der Waals surface area contributed by atoms with Gasteiger partial charge in [-0.2, -0.15) is 0 Å². The number of hydrogen-bond donors (Lipinski definition) is 0. The zero-order chi connectivity index (χ0) is 23.1. The molecule has 1 atom stereocenters. The molecule has 0 aliphatic heterocycles. The smallest absolute Gasteiger partial charge is 0.191 e. The Balaban J connectivity index is 1.72. The number of rotatable bonds is 11. The third-order valence-electron chi connectivity index (χ3n) is 4.77. The minimum absolute atomic E-state index is 0.0285. The van der Waals surface area contributed by atoms with Crippen molar-refractivity contribution in [2.75, 3.05) is 20.0 Å². The Kier molecular flexibility index (Phi) is 8.16. The summed E-state index contributed by atoms with van der Waals surface area (Å²) in [4.78, 5) is 12.6. The summed E-state index contributed by atoms with van der Waals surface area (Å²) in [6.07, 6.45) is -0.304. The Bertz CT molecular complexity index is 1020. The number of carbonyl (C=O) groups excluding carboxylic acids is 1. The van der Waals surface area contributed by atoms with Gasteiger partial charge >= 0.3 is 0 Å². The fourth-order valence-electron chi connectivity index (χ4n) is 3.15. The minimum atomic E-state index is -0.304. The average Bonchev–Trinajstić information content (AvgIpc) is 3.19. The Morgan fingerprint density at radius 2 is 1.47 bits per heavy atom. The summed E-state index contributed by atoms with van der Waals surface area (Å²) in [5, 5.41) is 9.45. The van der Waals surface area contributed by atoms with Crippen LogP contribution in [0.3, 0.4) is 0 Å². The van der Waals surface area contributed by atoms with E-state index >= 15 is 0 Å². The van der Waals surface area contributed by atoms with Gasteiger partial charge in [-0.25, -0.2) is 0 Å². The van der Waals surface area contributed by atoms with Crippen LogP contribution in [0.4, 0.5) is 0 Å². The number of aromatic nitrogens is 3. The third kappa shape index (κ3) is 6.03. The van der Waals surface area contributed by atoms with Gasteiger partial charge < -0.3 is 18.8 Å². The highest BCUT2D eigenvalue weighted by molar-refractivity contribution is 7.99. The highest BCUT2D eigenvalue weighted by atomic mass is 32.2. The Labute approximate surface area is 193 Å². The largest absolute Gasteiger partial charge is 0.497 e. The van der Waals surface area contributed by atoms with Gasteiger partial charge in [-0.15, -0.1) is 10.2 Å². The fourth-order valence-corrected chi connectivity index (χ4v) is 4.00. The lowest BCUT2D eigenvalue weighted by Crippen LogP contribution is -2.15. The van der Waals surface area contributed by atoms with Crippen molar-refractivity contribution in [2.24, 2.45) is 5.92 Å². The van der Waals surface area contributed by atoms with Crippen LogP contribution < -0.4 is 14.2 Å². The second-order valence-corrected chi connectivity index (χ2v) is 8.66. The van der Waals surface area contributed by atoms with Crippen LogP contribution in [0, 0.1) is 5.92 Å². The summed E-state index contributed by atoms with van der Waals surface area (Å²) < 4.78 is 18.5. The number of ketones is 1. The molecule has 1 heterocycles. The fraction of sp³-hybridized carbons (Fsp3) is 0.375. The van der Waals surface area contributed by atoms with Crippen molar-refractivity contribution >= 4 is 17.5 Å². The van der Waals surface area contributed by atoms with Crippen molar-refractivity contribution in [3.63, 3.8) is 0 Å². The second-order valence-electron chi connectivity index (χ2n) is 7.72. The van der Waals surface area contributed by atoms with Crippen LogP contribution in [-0.4, -0.2) is 40.5 Å². The van der Waals surface area contributed by atoms with E-state index in [4.69, 9.17) is 14.2 Å². The molecule has 8 heteroatoms. The number of hydrogen-bond acceptors (Lipinski definition) is 7. The molecule has 0 N–H and O–H groups in total. The van der Waals surface area contributed by atoms with Gasteiger partial charge in [0.05, 0.1) is 20.0 Å². The number of thioether (sulfide) groups is 1. The first kappa shape index (κ1) is 23.7. The summed E-state index contributed by atoms with van der Waals surface area (Å²) >= 11 is 1.39. The van der Waals surface area contributed by atoms with E-state index in [1.807, 2.05) is 35.8 Å². The van der Waals surface area contributed by atoms with E-state index in [0.29, 0.717) is 16.6 Å². The van der Waals surface area contributed by atoms with E-state index in [9.17, 15) is 4.79 Å². The highest BCUT2D eigenvalue weighted by Crippen LogP contribution is 2.27. The van der Waals surface area contributed by atoms with Crippen molar-refractivity contribution in [1.29, 1.82) is 0 Å². The molecular formula is C24H29N3O4S. The van der Waals surface area contributed by atoms with Gasteiger partial charge in [0.15, 0.2) is 22.9 Å². The summed E-state index contributed by atoms with van der Waals surface area (Å²) in [6, 6.07) is 14.6. The van der Waals surface area contributed by atoms with Crippen LogP contribution >= 0.6 is 11.8 Å². The predicted octanol–water partition coefficient (Wildman–Crippen LogP) is 5.07. The first-order chi connectivity index (χ1) is 15.4. The zero-order valence-electron chi connectivity index (χ0n) is 19.1. The number of ether oxygens (including phenoxy) is 3. The number of benzene rings is 2. The maximum absolute atomic E-state index is 12.6. The lowest BCUT2D eigenvalue weighted by Gasteiger charge is -2.18. The molecule has 0 spiro atoms. The van der Waals surface area contributed by atoms with Crippen LogP contribution in [0.25, 0.3) is 0 Å². The highest BCUT2D eigenvalue weighted by Gasteiger charge is 2.21. The molecule has 1 unspecified atom stereocenters. The Hall–Kier alpha value is -3.00. The van der Waals surface area contributed by atoms with E-state index in [1.165, 1.54) is 11.8 Å². The molecule has 0 fully saturated rings. The summed E-state index contributed by atoms with van der Waals surface area (Å²) in [6.45, 7) is 6.95. The van der Waals surface area contributed by atoms with E-state index in [2.05, 4.69) is 24.0 Å². The average molecular weight is 456 g/mol. The van der Waals surface area contributed by atoms with Gasteiger partial charge in [0, 0.05) is 12.1 Å². The molecule has 170 valence electrons. The van der Waals surface area contributed by atoms with Gasteiger partial charge in [-0.05, 0) is 61.4 Å². The minimum Gasteiger partial charge on any atom is -0.497 e. The van der Waals surface area contributed by atoms with Gasteiger partial charge in [-0.3, -0.25) is 4.79 Å². The second kappa shape index (κ2) is 11.0. The van der Waals surface area contributed by atoms with Gasteiger partial charge in [0.1, 0.15) is 17.2 Å². The van der Waals surface area contributed by atoms with Crippen LogP contribution in [0.1, 0.15) is 43.1 Å². The van der Waals surface area contributed by atoms with Gasteiger partial charge in [-0.1, -0.05) is 25.6 Å². The predicted molar refractivity (Wildman–Crippen MR) is 125 cm³/mol. The zero-order valence-corrected chi connectivity index (χ0v) is 19.9. The molecule has 3 rings (SSSR count). The van der Waals surface area contributed by atoms with Crippen LogP contribution in [-0.2, 0) is 6.54 Å². The molecule has 0 saturated carbocycles. The maximum atomic E-state index is 12.6. The van der Waals surface area contributed by atoms with E-state index in [-0.39, 0.29) is 17.6 Å². The lowest BCUT2D eigenvalue weighted by atomic mass is 10.1. The first-order valence-electron chi connectivity index (χ1n) is 10.4. The molecule has 3 aromatic rings. The summed E-state index contributed by atoms with van der Waals surface area (Å²) in [5.74, 6) is 3.64. The Morgan fingerprint density at radius 1 is 0.906 bits per heavy atom. The van der Waals surface area contributed by atoms with Crippen LogP contribution in [0.5, 0.6) is 17.2 Å². The molecule has 1 aromatic heterocycles. The molecule has 0 aliphatic rings. The third-order valence-corrected chi connectivity index (χ3v) is 5.74. The SMILES string of the molecule is COc1ccc(OC(C)c2nnc(SCC(=O)c3ccc(OC)cc3)n2CC(C)C)cc1. The number of methoxy groups -OCH3 is 2. The monoisotopic (exact) mass is 455 g/mol. The molecule has 0 radical (unpaired) electrons. The standard InChI is InChI=1S/C24H29N3O4S/c1-16(2)14-27-23(17(3)31-21-12-10-20(30-5)11-13-21)25-26-24(27)32-15-22(28)18-6-8-19(29-4)9-7-18/h6-13,16-17H,14-15H2,1-5H3. The van der Waals surface area contributed by atoms with Gasteiger partial charge in [0.2, 0.25) is 0 Å². The summed E-state index contributed by atoms with van der Waals surface area (Å²) in [5.41, 5.74) is 0.643. The van der Waals surface area contributed by atoms with E-state index in [1.54, 1.807) is 38.5 Å². The van der Waals surface area contributed by atoms with Gasteiger partial charge in [0.25, 0.3) is 0 Å². The molecule has 7 nitrogen and oxygen atoms in total. The number of nitrogens with zero attached hydrogens (tertiary/aromatic N) is 3. The van der Waals surface area contributed by atoms with Crippen LogP contribution in [0.15, 0.2) is 53.7 Å². The first-order valence-corrected chi connectivity index (χ1v) is 11.4. The maximum Gasteiger partial charge on any atom is 0.191 e. The molecule has 0 saturated heterocycles. The normalized spacial score (nSPS) is 11.9. The van der Waals surface area contributed by atoms with Crippen molar-refractivity contribution in [3.05, 3.63) is 59.9 Å². The quantitative estimate of drug-likeness (QED) is 0.295. The summed E-state index contributed by atoms with van der Waals surface area (Å²) in [7, 11) is 3.23. The van der Waals surface area contributed by atoms with E-state index in [0.717, 1.165) is 29.6 Å². The van der Waals surface area contributed by atoms with E-state index < -0.39 is 0 Å². The molecule has 2 aromatic carbocycles. The Morgan fingerprint density at radius 3 is 2.03 bits per heavy atom. The molecular weight excluding hydrogens is 426 g/mol. The number of Topliss-reactive ketones (excluding diaryl/α,β-unsaturated/α-hetero) is 1. The molecule has 32 heavy (non-hydrogen) atoms. The van der Waals surface area contributed by atoms with Crippen molar-refractivity contribution in [2.45, 2.75) is 38.6 Å². The molecule has 0 bridgehead atoms. The van der Waals surface area contributed by atoms with Crippen molar-refractivity contribution in [3.8, 4) is 17.2 Å². The topological polar surface area (TPSA) is 75.5 Å². The number of carbonyl (C=O) groups is 1.